The van der Waals surface area contributed by atoms with Crippen LogP contribution < -0.4 is 9.64 Å². The number of anilines is 1. The molecule has 0 atom stereocenters. The fraction of sp³-hybridized carbons (Fsp3) is 0.0667. The number of aromatic carboxylic acids is 1. The van der Waals surface area contributed by atoms with E-state index in [1.807, 2.05) is 84.9 Å². The zero-order chi connectivity index (χ0) is 24.4. The molecule has 172 valence electrons. The van der Waals surface area contributed by atoms with Gasteiger partial charge in [0.05, 0.1) is 30.5 Å². The molecule has 0 unspecified atom stereocenters. The molecule has 1 N–H and O–H groups in total. The Hall–Kier alpha value is -4.64. The molecular formula is C30H23NO4. The minimum atomic E-state index is -0.994. The summed E-state index contributed by atoms with van der Waals surface area (Å²) in [4.78, 5) is 27.2. The quantitative estimate of drug-likeness (QED) is 0.363. The second kappa shape index (κ2) is 9.31. The van der Waals surface area contributed by atoms with E-state index in [1.165, 1.54) is 0 Å². The number of fused-ring (bicyclic) bond motifs is 1. The van der Waals surface area contributed by atoms with Gasteiger partial charge in [-0.05, 0) is 47.0 Å². The summed E-state index contributed by atoms with van der Waals surface area (Å²) in [6, 6.07) is 32.0. The lowest BCUT2D eigenvalue weighted by Crippen LogP contribution is -2.26. The molecular weight excluding hydrogens is 438 g/mol. The zero-order valence-electron chi connectivity index (χ0n) is 19.1. The minimum Gasteiger partial charge on any atom is -0.497 e. The molecule has 0 aromatic heterocycles. The van der Waals surface area contributed by atoms with E-state index in [1.54, 1.807) is 30.2 Å². The highest BCUT2D eigenvalue weighted by atomic mass is 16.5. The highest BCUT2D eigenvalue weighted by molar-refractivity contribution is 6.38. The van der Waals surface area contributed by atoms with Crippen LogP contribution in [0.3, 0.4) is 0 Å². The van der Waals surface area contributed by atoms with Crippen LogP contribution in [0.5, 0.6) is 5.75 Å². The topological polar surface area (TPSA) is 66.8 Å². The number of benzene rings is 4. The molecule has 0 bridgehead atoms. The zero-order valence-corrected chi connectivity index (χ0v) is 19.1. The molecule has 0 aliphatic carbocycles. The van der Waals surface area contributed by atoms with Gasteiger partial charge in [-0.15, -0.1) is 0 Å². The normalized spacial score (nSPS) is 14.0. The van der Waals surface area contributed by atoms with Gasteiger partial charge in [0.15, 0.2) is 0 Å². The fourth-order valence-corrected chi connectivity index (χ4v) is 4.48. The van der Waals surface area contributed by atoms with Crippen molar-refractivity contribution in [2.45, 2.75) is 6.54 Å². The van der Waals surface area contributed by atoms with Crippen molar-refractivity contribution >= 4 is 28.7 Å². The predicted molar refractivity (Wildman–Crippen MR) is 136 cm³/mol. The molecule has 0 saturated carbocycles. The van der Waals surface area contributed by atoms with Gasteiger partial charge in [-0.1, -0.05) is 72.8 Å². The van der Waals surface area contributed by atoms with Crippen molar-refractivity contribution in [3.8, 4) is 5.75 Å². The average molecular weight is 462 g/mol. The van der Waals surface area contributed by atoms with Gasteiger partial charge in [0.25, 0.3) is 5.91 Å². The summed E-state index contributed by atoms with van der Waals surface area (Å²) in [7, 11) is 1.62. The largest absolute Gasteiger partial charge is 0.497 e. The summed E-state index contributed by atoms with van der Waals surface area (Å²) in [6.07, 6.45) is 0. The van der Waals surface area contributed by atoms with Crippen molar-refractivity contribution in [3.05, 3.63) is 131 Å². The van der Waals surface area contributed by atoms with Crippen LogP contribution in [0.4, 0.5) is 5.69 Å². The highest BCUT2D eigenvalue weighted by Gasteiger charge is 2.35. The number of nitrogens with zero attached hydrogens (tertiary/aromatic N) is 1. The first-order valence-corrected chi connectivity index (χ1v) is 11.2. The van der Waals surface area contributed by atoms with E-state index in [-0.39, 0.29) is 18.0 Å². The molecule has 0 radical (unpaired) electrons. The first-order valence-electron chi connectivity index (χ1n) is 11.2. The molecule has 0 fully saturated rings. The molecule has 1 aliphatic heterocycles. The van der Waals surface area contributed by atoms with Crippen LogP contribution in [-0.2, 0) is 11.3 Å². The number of carboxylic acid groups (broad SMARTS) is 1. The number of methoxy groups -OCH3 is 1. The molecule has 35 heavy (non-hydrogen) atoms. The average Bonchev–Trinajstić information content (AvgIpc) is 3.16. The fourth-order valence-electron chi connectivity index (χ4n) is 4.48. The van der Waals surface area contributed by atoms with Gasteiger partial charge in [0.2, 0.25) is 0 Å². The maximum Gasteiger partial charge on any atom is 0.335 e. The molecule has 1 aliphatic rings. The number of carbonyl (C=O) groups is 2. The maximum absolute atomic E-state index is 14.0. The third-order valence-corrected chi connectivity index (χ3v) is 6.13. The van der Waals surface area contributed by atoms with Crippen molar-refractivity contribution in [2.75, 3.05) is 12.0 Å². The van der Waals surface area contributed by atoms with E-state index in [0.717, 1.165) is 39.3 Å². The summed E-state index contributed by atoms with van der Waals surface area (Å²) in [5, 5.41) is 9.39. The summed E-state index contributed by atoms with van der Waals surface area (Å²) in [5.74, 6) is -0.377. The van der Waals surface area contributed by atoms with Crippen LogP contribution in [0.15, 0.2) is 103 Å². The van der Waals surface area contributed by atoms with E-state index in [0.29, 0.717) is 5.57 Å². The number of hydrogen-bond donors (Lipinski definition) is 1. The number of para-hydroxylation sites is 1. The standard InChI is InChI=1S/C30H23NO4/c1-35-24-16-14-22(15-17-24)27(21-9-3-2-4-10-21)28-25-12-5-6-13-26(25)31(29(28)32)19-20-8-7-11-23(18-20)30(33)34/h2-18H,19H2,1H3,(H,33,34)/b28-27+. The smallest absolute Gasteiger partial charge is 0.335 e. The predicted octanol–water partition coefficient (Wildman–Crippen LogP) is 5.90. The lowest BCUT2D eigenvalue weighted by molar-refractivity contribution is -0.113. The number of carboxylic acids is 1. The third kappa shape index (κ3) is 4.20. The molecule has 4 aromatic carbocycles. The van der Waals surface area contributed by atoms with Gasteiger partial charge < -0.3 is 14.7 Å². The van der Waals surface area contributed by atoms with Crippen LogP contribution in [-0.4, -0.2) is 24.1 Å². The van der Waals surface area contributed by atoms with Crippen LogP contribution in [0.2, 0.25) is 0 Å². The van der Waals surface area contributed by atoms with Gasteiger partial charge >= 0.3 is 5.97 Å². The molecule has 5 rings (SSSR count). The first-order chi connectivity index (χ1) is 17.1. The third-order valence-electron chi connectivity index (χ3n) is 6.13. The molecule has 5 nitrogen and oxygen atoms in total. The van der Waals surface area contributed by atoms with Crippen molar-refractivity contribution in [2.24, 2.45) is 0 Å². The number of ether oxygens (including phenoxy) is 1. The number of rotatable bonds is 6. The lowest BCUT2D eigenvalue weighted by atomic mass is 9.90. The molecule has 4 aromatic rings. The Morgan fingerprint density at radius 2 is 1.46 bits per heavy atom. The van der Waals surface area contributed by atoms with Gasteiger partial charge in [0, 0.05) is 11.1 Å². The van der Waals surface area contributed by atoms with Gasteiger partial charge in [-0.25, -0.2) is 4.79 Å². The summed E-state index contributed by atoms with van der Waals surface area (Å²) in [6.45, 7) is 0.269. The van der Waals surface area contributed by atoms with Gasteiger partial charge in [-0.3, -0.25) is 4.79 Å². The van der Waals surface area contributed by atoms with E-state index in [2.05, 4.69) is 0 Å². The Kier molecular flexibility index (Phi) is 5.90. The molecule has 0 spiro atoms. The second-order valence-electron chi connectivity index (χ2n) is 8.26. The van der Waals surface area contributed by atoms with Crippen molar-refractivity contribution in [1.29, 1.82) is 0 Å². The van der Waals surface area contributed by atoms with E-state index < -0.39 is 5.97 Å². The van der Waals surface area contributed by atoms with Crippen LogP contribution >= 0.6 is 0 Å². The number of amides is 1. The Balaban J connectivity index is 1.68. The van der Waals surface area contributed by atoms with Crippen molar-refractivity contribution in [1.82, 2.24) is 0 Å². The first kappa shape index (κ1) is 22.2. The Morgan fingerprint density at radius 1 is 0.800 bits per heavy atom. The molecule has 1 heterocycles. The van der Waals surface area contributed by atoms with Gasteiger partial charge in [-0.2, -0.15) is 0 Å². The Morgan fingerprint density at radius 3 is 2.17 bits per heavy atom. The molecule has 5 heteroatoms. The Bertz CT molecular complexity index is 1440. The van der Waals surface area contributed by atoms with Crippen molar-refractivity contribution < 1.29 is 19.4 Å². The highest BCUT2D eigenvalue weighted by Crippen LogP contribution is 2.43. The molecule has 1 amide bonds. The monoisotopic (exact) mass is 461 g/mol. The summed E-state index contributed by atoms with van der Waals surface area (Å²) >= 11 is 0. The van der Waals surface area contributed by atoms with E-state index in [4.69, 9.17) is 4.74 Å². The van der Waals surface area contributed by atoms with Crippen LogP contribution in [0.1, 0.15) is 32.6 Å². The number of carbonyl (C=O) groups excluding carboxylic acids is 1. The van der Waals surface area contributed by atoms with Crippen LogP contribution in [0.25, 0.3) is 11.1 Å². The number of hydrogen-bond acceptors (Lipinski definition) is 3. The van der Waals surface area contributed by atoms with Gasteiger partial charge in [0.1, 0.15) is 5.75 Å². The summed E-state index contributed by atoms with van der Waals surface area (Å²) < 4.78 is 5.33. The second-order valence-corrected chi connectivity index (χ2v) is 8.26. The lowest BCUT2D eigenvalue weighted by Gasteiger charge is -2.18. The summed E-state index contributed by atoms with van der Waals surface area (Å²) in [5.41, 5.74) is 5.90. The van der Waals surface area contributed by atoms with Crippen molar-refractivity contribution in [3.63, 3.8) is 0 Å². The maximum atomic E-state index is 14.0. The minimum absolute atomic E-state index is 0.124. The molecule has 0 saturated heterocycles. The van der Waals surface area contributed by atoms with E-state index >= 15 is 0 Å². The van der Waals surface area contributed by atoms with E-state index in [9.17, 15) is 14.7 Å². The SMILES string of the molecule is COc1ccc(/C(=C2/C(=O)N(Cc3cccc(C(=O)O)c3)c3ccccc32)c2ccccc2)cc1. The van der Waals surface area contributed by atoms with Crippen LogP contribution in [0, 0.1) is 0 Å². The Labute approximate surface area is 203 Å².